The van der Waals surface area contributed by atoms with Gasteiger partial charge in [-0.25, -0.2) is 4.79 Å². The molecular formula is C9H16O4. The van der Waals surface area contributed by atoms with Crippen molar-refractivity contribution in [3.8, 4) is 0 Å². The maximum atomic E-state index is 10.2. The fourth-order valence-electron chi connectivity index (χ4n) is 1.67. The molecule has 1 unspecified atom stereocenters. The topological polar surface area (TPSA) is 55.8 Å². The molecule has 4 heteroatoms. The molecule has 0 aromatic heterocycles. The van der Waals surface area contributed by atoms with Crippen LogP contribution in [0.1, 0.15) is 26.7 Å². The van der Waals surface area contributed by atoms with Crippen molar-refractivity contribution in [2.75, 3.05) is 6.61 Å². The fraction of sp³-hybridized carbons (Fsp3) is 0.889. The third-order valence-corrected chi connectivity index (χ3v) is 2.10. The number of carboxylic acids is 1. The van der Waals surface area contributed by atoms with Crippen LogP contribution in [0.5, 0.6) is 0 Å². The van der Waals surface area contributed by atoms with Crippen molar-refractivity contribution in [1.82, 2.24) is 0 Å². The third-order valence-electron chi connectivity index (χ3n) is 2.10. The lowest BCUT2D eigenvalue weighted by atomic mass is 10.0. The second kappa shape index (κ2) is 4.58. The molecule has 1 aliphatic rings. The summed E-state index contributed by atoms with van der Waals surface area (Å²) in [6.07, 6.45) is 1.95. The number of rotatable bonds is 3. The first kappa shape index (κ1) is 10.5. The van der Waals surface area contributed by atoms with Crippen LogP contribution >= 0.6 is 0 Å². The minimum absolute atomic E-state index is 0.0369. The molecule has 13 heavy (non-hydrogen) atoms. The zero-order chi connectivity index (χ0) is 9.84. The van der Waals surface area contributed by atoms with Crippen molar-refractivity contribution in [2.24, 2.45) is 0 Å². The smallest absolute Gasteiger partial charge is 0.329 e. The standard InChI is InChI=1S/C9H16O4/c1-6-3-8(4-7(2)13-6)12-5-9(10)11/h6-8H,3-5H2,1-2H3,(H,10,11)/t6-,7+,8?. The average molecular weight is 188 g/mol. The van der Waals surface area contributed by atoms with Gasteiger partial charge in [0.15, 0.2) is 0 Å². The molecule has 0 radical (unpaired) electrons. The molecule has 0 aromatic rings. The maximum Gasteiger partial charge on any atom is 0.329 e. The van der Waals surface area contributed by atoms with E-state index in [1.165, 1.54) is 0 Å². The third kappa shape index (κ3) is 3.74. The minimum atomic E-state index is -0.910. The molecule has 1 aliphatic heterocycles. The monoisotopic (exact) mass is 188 g/mol. The number of carbonyl (C=O) groups is 1. The summed E-state index contributed by atoms with van der Waals surface area (Å²) in [5, 5.41) is 8.42. The van der Waals surface area contributed by atoms with Crippen LogP contribution in [-0.4, -0.2) is 36.0 Å². The van der Waals surface area contributed by atoms with Gasteiger partial charge in [0, 0.05) is 0 Å². The average Bonchev–Trinajstić information content (AvgIpc) is 1.99. The van der Waals surface area contributed by atoms with Gasteiger partial charge in [-0.05, 0) is 26.7 Å². The highest BCUT2D eigenvalue weighted by atomic mass is 16.5. The first-order chi connectivity index (χ1) is 6.08. The van der Waals surface area contributed by atoms with Crippen LogP contribution in [0.25, 0.3) is 0 Å². The van der Waals surface area contributed by atoms with Gasteiger partial charge in [-0.3, -0.25) is 0 Å². The Morgan fingerprint density at radius 1 is 1.46 bits per heavy atom. The summed E-state index contributed by atoms with van der Waals surface area (Å²) < 4.78 is 10.7. The summed E-state index contributed by atoms with van der Waals surface area (Å²) in [6.45, 7) is 3.75. The van der Waals surface area contributed by atoms with E-state index < -0.39 is 5.97 Å². The van der Waals surface area contributed by atoms with Gasteiger partial charge in [-0.15, -0.1) is 0 Å². The van der Waals surface area contributed by atoms with Crippen LogP contribution < -0.4 is 0 Å². The summed E-state index contributed by atoms with van der Waals surface area (Å²) >= 11 is 0. The summed E-state index contributed by atoms with van der Waals surface area (Å²) in [7, 11) is 0. The highest BCUT2D eigenvalue weighted by Gasteiger charge is 2.25. The predicted octanol–water partition coefficient (Wildman–Crippen LogP) is 1.04. The first-order valence-corrected chi connectivity index (χ1v) is 4.56. The van der Waals surface area contributed by atoms with Gasteiger partial charge in [0.1, 0.15) is 6.61 Å². The zero-order valence-corrected chi connectivity index (χ0v) is 8.03. The van der Waals surface area contributed by atoms with Crippen LogP contribution in [-0.2, 0) is 14.3 Å². The molecule has 0 saturated carbocycles. The Bertz CT molecular complexity index is 170. The first-order valence-electron chi connectivity index (χ1n) is 4.56. The van der Waals surface area contributed by atoms with Gasteiger partial charge < -0.3 is 14.6 Å². The van der Waals surface area contributed by atoms with Crippen molar-refractivity contribution in [1.29, 1.82) is 0 Å². The van der Waals surface area contributed by atoms with E-state index in [0.717, 1.165) is 12.8 Å². The Balaban J connectivity index is 2.28. The van der Waals surface area contributed by atoms with E-state index in [0.29, 0.717) is 0 Å². The molecule has 76 valence electrons. The van der Waals surface area contributed by atoms with Crippen LogP contribution in [0.3, 0.4) is 0 Å². The van der Waals surface area contributed by atoms with Gasteiger partial charge >= 0.3 is 5.97 Å². The molecule has 0 spiro atoms. The Kier molecular flexibility index (Phi) is 3.69. The van der Waals surface area contributed by atoms with E-state index in [4.69, 9.17) is 14.6 Å². The molecule has 1 rings (SSSR count). The Morgan fingerprint density at radius 2 is 2.00 bits per heavy atom. The summed E-state index contributed by atoms with van der Waals surface area (Å²) in [5.74, 6) is -0.910. The van der Waals surface area contributed by atoms with E-state index in [2.05, 4.69) is 0 Å². The Labute approximate surface area is 77.8 Å². The quantitative estimate of drug-likeness (QED) is 0.719. The van der Waals surface area contributed by atoms with E-state index in [-0.39, 0.29) is 24.9 Å². The number of hydrogen-bond donors (Lipinski definition) is 1. The molecule has 0 aliphatic carbocycles. The molecule has 1 N–H and O–H groups in total. The van der Waals surface area contributed by atoms with Crippen molar-refractivity contribution in [3.05, 3.63) is 0 Å². The molecule has 3 atom stereocenters. The van der Waals surface area contributed by atoms with Crippen LogP contribution in [0.4, 0.5) is 0 Å². The van der Waals surface area contributed by atoms with Gasteiger partial charge in [0.2, 0.25) is 0 Å². The normalized spacial score (nSPS) is 34.5. The molecule has 1 heterocycles. The number of hydrogen-bond acceptors (Lipinski definition) is 3. The number of carboxylic acid groups (broad SMARTS) is 1. The second-order valence-corrected chi connectivity index (χ2v) is 3.56. The summed E-state index contributed by atoms with van der Waals surface area (Å²) in [6, 6.07) is 0. The Hall–Kier alpha value is -0.610. The van der Waals surface area contributed by atoms with Gasteiger partial charge in [0.05, 0.1) is 18.3 Å². The lowest BCUT2D eigenvalue weighted by Gasteiger charge is -2.31. The van der Waals surface area contributed by atoms with Crippen LogP contribution in [0.2, 0.25) is 0 Å². The van der Waals surface area contributed by atoms with Gasteiger partial charge in [0.25, 0.3) is 0 Å². The van der Waals surface area contributed by atoms with E-state index in [1.54, 1.807) is 0 Å². The van der Waals surface area contributed by atoms with Crippen molar-refractivity contribution < 1.29 is 19.4 Å². The van der Waals surface area contributed by atoms with Crippen molar-refractivity contribution in [2.45, 2.75) is 45.0 Å². The highest BCUT2D eigenvalue weighted by Crippen LogP contribution is 2.21. The van der Waals surface area contributed by atoms with E-state index >= 15 is 0 Å². The zero-order valence-electron chi connectivity index (χ0n) is 8.03. The van der Waals surface area contributed by atoms with Crippen molar-refractivity contribution >= 4 is 5.97 Å². The fourth-order valence-corrected chi connectivity index (χ4v) is 1.67. The van der Waals surface area contributed by atoms with Crippen LogP contribution in [0.15, 0.2) is 0 Å². The summed E-state index contributed by atoms with van der Waals surface area (Å²) in [4.78, 5) is 10.2. The molecule has 0 amide bonds. The van der Waals surface area contributed by atoms with E-state index in [9.17, 15) is 4.79 Å². The van der Waals surface area contributed by atoms with Crippen molar-refractivity contribution in [3.63, 3.8) is 0 Å². The second-order valence-electron chi connectivity index (χ2n) is 3.56. The number of ether oxygens (including phenoxy) is 2. The lowest BCUT2D eigenvalue weighted by molar-refractivity contribution is -0.150. The van der Waals surface area contributed by atoms with Gasteiger partial charge in [-0.1, -0.05) is 0 Å². The largest absolute Gasteiger partial charge is 0.480 e. The molecule has 1 saturated heterocycles. The highest BCUT2D eigenvalue weighted by molar-refractivity contribution is 5.68. The predicted molar refractivity (Wildman–Crippen MR) is 46.6 cm³/mol. The molecular weight excluding hydrogens is 172 g/mol. The molecule has 4 nitrogen and oxygen atoms in total. The minimum Gasteiger partial charge on any atom is -0.480 e. The lowest BCUT2D eigenvalue weighted by Crippen LogP contribution is -2.35. The Morgan fingerprint density at radius 3 is 2.46 bits per heavy atom. The SMILES string of the molecule is C[C@@H]1CC(OCC(=O)O)C[C@H](C)O1. The molecule has 1 fully saturated rings. The maximum absolute atomic E-state index is 10.2. The van der Waals surface area contributed by atoms with E-state index in [1.807, 2.05) is 13.8 Å². The summed E-state index contributed by atoms with van der Waals surface area (Å²) in [5.41, 5.74) is 0. The number of aliphatic carboxylic acids is 1. The molecule has 0 aromatic carbocycles. The van der Waals surface area contributed by atoms with Gasteiger partial charge in [-0.2, -0.15) is 0 Å². The molecule has 0 bridgehead atoms. The van der Waals surface area contributed by atoms with Crippen LogP contribution in [0, 0.1) is 0 Å².